The van der Waals surface area contributed by atoms with E-state index in [1.54, 1.807) is 13.8 Å². The van der Waals surface area contributed by atoms with Crippen molar-refractivity contribution in [3.63, 3.8) is 0 Å². The first kappa shape index (κ1) is 15.0. The van der Waals surface area contributed by atoms with Gasteiger partial charge in [0.05, 0.1) is 26.1 Å². The Morgan fingerprint density at radius 3 is 1.83 bits per heavy atom. The minimum Gasteiger partial charge on any atom is -0.466 e. The van der Waals surface area contributed by atoms with Crippen LogP contribution in [0.5, 0.6) is 0 Å². The molecular weight excluding hydrogens is 232 g/mol. The lowest BCUT2D eigenvalue weighted by molar-refractivity contribution is -0.151. The third-order valence-electron chi connectivity index (χ3n) is 3.41. The van der Waals surface area contributed by atoms with Crippen molar-refractivity contribution in [1.82, 2.24) is 0 Å². The molecule has 1 radical (unpaired) electrons. The summed E-state index contributed by atoms with van der Waals surface area (Å²) in [5.74, 6) is -0.410. The number of hydrogen-bond donors (Lipinski definition) is 0. The van der Waals surface area contributed by atoms with Gasteiger partial charge in [-0.1, -0.05) is 0 Å². The molecule has 4 heteroatoms. The lowest BCUT2D eigenvalue weighted by Gasteiger charge is -2.35. The van der Waals surface area contributed by atoms with Crippen molar-refractivity contribution in [3.05, 3.63) is 6.42 Å². The van der Waals surface area contributed by atoms with Crippen LogP contribution >= 0.6 is 0 Å². The molecule has 0 atom stereocenters. The summed E-state index contributed by atoms with van der Waals surface area (Å²) < 4.78 is 10.0. The summed E-state index contributed by atoms with van der Waals surface area (Å²) in [6.07, 6.45) is 6.52. The van der Waals surface area contributed by atoms with E-state index >= 15 is 0 Å². The van der Waals surface area contributed by atoms with Crippen LogP contribution in [0.3, 0.4) is 0 Å². The van der Waals surface area contributed by atoms with E-state index in [9.17, 15) is 9.59 Å². The summed E-state index contributed by atoms with van der Waals surface area (Å²) in [6.45, 7) is 4.37. The van der Waals surface area contributed by atoms with Crippen LogP contribution in [0.1, 0.15) is 52.4 Å². The number of carbonyl (C=O) groups excluding carboxylic acids is 2. The molecule has 1 fully saturated rings. The third-order valence-corrected chi connectivity index (χ3v) is 3.41. The molecule has 1 rings (SSSR count). The smallest absolute Gasteiger partial charge is 0.306 e. The summed E-state index contributed by atoms with van der Waals surface area (Å²) in [5.41, 5.74) is -0.257. The molecule has 0 heterocycles. The Bertz CT molecular complexity index is 258. The fourth-order valence-corrected chi connectivity index (χ4v) is 2.54. The minimum atomic E-state index is -0.257. The van der Waals surface area contributed by atoms with Gasteiger partial charge in [0.25, 0.3) is 0 Å². The van der Waals surface area contributed by atoms with Gasteiger partial charge in [0.15, 0.2) is 0 Å². The zero-order chi connectivity index (χ0) is 13.4. The average Bonchev–Trinajstić information content (AvgIpc) is 2.30. The van der Waals surface area contributed by atoms with Gasteiger partial charge in [-0.3, -0.25) is 9.59 Å². The Morgan fingerprint density at radius 1 is 1.00 bits per heavy atom. The molecule has 0 aromatic carbocycles. The fourth-order valence-electron chi connectivity index (χ4n) is 2.54. The van der Waals surface area contributed by atoms with E-state index in [4.69, 9.17) is 9.47 Å². The monoisotopic (exact) mass is 255 g/mol. The van der Waals surface area contributed by atoms with Crippen molar-refractivity contribution in [2.75, 3.05) is 13.2 Å². The van der Waals surface area contributed by atoms with Crippen LogP contribution in [0.2, 0.25) is 0 Å². The maximum absolute atomic E-state index is 11.7. The van der Waals surface area contributed by atoms with Gasteiger partial charge in [0.1, 0.15) is 0 Å². The zero-order valence-corrected chi connectivity index (χ0v) is 11.4. The van der Waals surface area contributed by atoms with Crippen molar-refractivity contribution in [2.45, 2.75) is 52.4 Å². The van der Waals surface area contributed by atoms with Gasteiger partial charge in [-0.15, -0.1) is 0 Å². The quantitative estimate of drug-likeness (QED) is 0.685. The molecule has 1 aliphatic carbocycles. The Balaban J connectivity index is 2.62. The molecule has 103 valence electrons. The van der Waals surface area contributed by atoms with Gasteiger partial charge in [-0.25, -0.2) is 0 Å². The van der Waals surface area contributed by atoms with E-state index in [0.29, 0.717) is 26.1 Å². The van der Waals surface area contributed by atoms with Crippen LogP contribution in [-0.4, -0.2) is 25.2 Å². The second-order valence-electron chi connectivity index (χ2n) is 4.83. The van der Waals surface area contributed by atoms with Crippen molar-refractivity contribution in [1.29, 1.82) is 0 Å². The summed E-state index contributed by atoms with van der Waals surface area (Å²) in [6, 6.07) is 0. The highest BCUT2D eigenvalue weighted by Gasteiger charge is 2.37. The van der Waals surface area contributed by atoms with E-state index in [2.05, 4.69) is 6.42 Å². The molecule has 4 nitrogen and oxygen atoms in total. The van der Waals surface area contributed by atoms with Gasteiger partial charge in [0.2, 0.25) is 0 Å². The maximum atomic E-state index is 11.7. The topological polar surface area (TPSA) is 52.6 Å². The van der Waals surface area contributed by atoms with Crippen LogP contribution in [0.15, 0.2) is 0 Å². The number of rotatable bonds is 6. The van der Waals surface area contributed by atoms with Crippen LogP contribution in [-0.2, 0) is 19.1 Å². The van der Waals surface area contributed by atoms with Crippen molar-refractivity contribution in [2.24, 2.45) is 5.41 Å². The van der Waals surface area contributed by atoms with E-state index in [0.717, 1.165) is 25.7 Å². The van der Waals surface area contributed by atoms with Gasteiger partial charge in [-0.2, -0.15) is 0 Å². The standard InChI is InChI=1S/C14H23O4/c1-3-17-12(15)10-14(8-6-5-7-9-14)11-13(16)18-4-2/h5H,3-4,6-11H2,1-2H3. The molecule has 0 N–H and O–H groups in total. The van der Waals surface area contributed by atoms with E-state index in [-0.39, 0.29) is 17.4 Å². The second kappa shape index (κ2) is 7.39. The van der Waals surface area contributed by atoms with Crippen LogP contribution in [0.25, 0.3) is 0 Å². The fraction of sp³-hybridized carbons (Fsp3) is 0.786. The van der Waals surface area contributed by atoms with E-state index < -0.39 is 0 Å². The Labute approximate surface area is 109 Å². The minimum absolute atomic E-state index is 0.205. The Kier molecular flexibility index (Phi) is 6.16. The summed E-state index contributed by atoms with van der Waals surface area (Å²) in [4.78, 5) is 23.3. The largest absolute Gasteiger partial charge is 0.466 e. The van der Waals surface area contributed by atoms with Crippen LogP contribution in [0, 0.1) is 11.8 Å². The number of hydrogen-bond acceptors (Lipinski definition) is 4. The molecule has 0 amide bonds. The average molecular weight is 255 g/mol. The highest BCUT2D eigenvalue weighted by Crippen LogP contribution is 2.42. The highest BCUT2D eigenvalue weighted by molar-refractivity contribution is 5.74. The number of carbonyl (C=O) groups is 2. The first-order valence-corrected chi connectivity index (χ1v) is 6.75. The summed E-state index contributed by atoms with van der Waals surface area (Å²) in [5, 5.41) is 0. The molecule has 1 saturated carbocycles. The maximum Gasteiger partial charge on any atom is 0.306 e. The number of ether oxygens (including phenoxy) is 2. The van der Waals surface area contributed by atoms with Gasteiger partial charge in [0, 0.05) is 0 Å². The molecule has 0 aromatic rings. The molecule has 0 unspecified atom stereocenters. The predicted octanol–water partition coefficient (Wildman–Crippen LogP) is 2.66. The van der Waals surface area contributed by atoms with Crippen molar-refractivity contribution < 1.29 is 19.1 Å². The summed E-state index contributed by atoms with van der Waals surface area (Å²) in [7, 11) is 0. The van der Waals surface area contributed by atoms with Crippen LogP contribution in [0.4, 0.5) is 0 Å². The van der Waals surface area contributed by atoms with Crippen molar-refractivity contribution in [3.8, 4) is 0 Å². The first-order chi connectivity index (χ1) is 8.62. The molecule has 0 saturated heterocycles. The third kappa shape index (κ3) is 4.67. The predicted molar refractivity (Wildman–Crippen MR) is 67.7 cm³/mol. The lowest BCUT2D eigenvalue weighted by atomic mass is 9.69. The Hall–Kier alpha value is -1.06. The van der Waals surface area contributed by atoms with E-state index in [1.165, 1.54) is 0 Å². The van der Waals surface area contributed by atoms with Crippen LogP contribution < -0.4 is 0 Å². The summed E-state index contributed by atoms with van der Waals surface area (Å²) >= 11 is 0. The van der Waals surface area contributed by atoms with Crippen molar-refractivity contribution >= 4 is 11.9 Å². The molecule has 0 aliphatic heterocycles. The molecule has 18 heavy (non-hydrogen) atoms. The lowest BCUT2D eigenvalue weighted by Crippen LogP contribution is -2.31. The molecular formula is C14H23O4. The normalized spacial score (nSPS) is 18.1. The first-order valence-electron chi connectivity index (χ1n) is 6.75. The zero-order valence-electron chi connectivity index (χ0n) is 11.4. The highest BCUT2D eigenvalue weighted by atomic mass is 16.5. The van der Waals surface area contributed by atoms with Gasteiger partial charge < -0.3 is 9.47 Å². The van der Waals surface area contributed by atoms with Gasteiger partial charge in [-0.05, 0) is 51.4 Å². The molecule has 0 aromatic heterocycles. The van der Waals surface area contributed by atoms with E-state index in [1.807, 2.05) is 0 Å². The molecule has 0 bridgehead atoms. The molecule has 1 aliphatic rings. The SMILES string of the molecule is CCOC(=O)CC1(CC(=O)OCC)CC[CH]CC1. The second-order valence-corrected chi connectivity index (χ2v) is 4.83. The van der Waals surface area contributed by atoms with Gasteiger partial charge >= 0.3 is 11.9 Å². The number of esters is 2. The molecule has 0 spiro atoms. The Morgan fingerprint density at radius 2 is 1.44 bits per heavy atom.